The fourth-order valence-corrected chi connectivity index (χ4v) is 5.36. The van der Waals surface area contributed by atoms with Gasteiger partial charge in [-0.05, 0) is 45.9 Å². The topological polar surface area (TPSA) is 99.2 Å². The molecule has 0 amide bonds. The predicted molar refractivity (Wildman–Crippen MR) is 147 cm³/mol. The van der Waals surface area contributed by atoms with Crippen LogP contribution in [0.25, 0.3) is 22.2 Å². The number of aliphatic hydroxyl groups is 1. The van der Waals surface area contributed by atoms with E-state index in [-0.39, 0.29) is 28.2 Å². The Kier molecular flexibility index (Phi) is 7.17. The Hall–Kier alpha value is -3.05. The van der Waals surface area contributed by atoms with Crippen LogP contribution in [0.3, 0.4) is 0 Å². The van der Waals surface area contributed by atoms with Crippen molar-refractivity contribution in [2.75, 3.05) is 24.5 Å². The molecule has 12 heteroatoms. The third kappa shape index (κ3) is 5.51. The fourth-order valence-electron chi connectivity index (χ4n) is 4.69. The molecule has 8 nitrogen and oxygen atoms in total. The van der Waals surface area contributed by atoms with Gasteiger partial charge in [0, 0.05) is 49.4 Å². The molecule has 1 atom stereocenters. The molecule has 4 heterocycles. The van der Waals surface area contributed by atoms with Crippen LogP contribution < -0.4 is 15.0 Å². The zero-order valence-electron chi connectivity index (χ0n) is 21.8. The van der Waals surface area contributed by atoms with E-state index in [1.165, 1.54) is 30.7 Å². The second-order valence-electron chi connectivity index (χ2n) is 10.8. The number of fused-ring (bicyclic) bond motifs is 1. The van der Waals surface area contributed by atoms with Crippen molar-refractivity contribution in [3.63, 3.8) is 0 Å². The maximum atomic E-state index is 15.7. The van der Waals surface area contributed by atoms with Gasteiger partial charge < -0.3 is 20.1 Å². The smallest absolute Gasteiger partial charge is 0.176 e. The summed E-state index contributed by atoms with van der Waals surface area (Å²) < 4.78 is 36.8. The van der Waals surface area contributed by atoms with Crippen molar-refractivity contribution < 1.29 is 18.6 Å². The Bertz CT molecular complexity index is 1510. The summed E-state index contributed by atoms with van der Waals surface area (Å²) in [6.45, 7) is 8.63. The third-order valence-electron chi connectivity index (χ3n) is 6.65. The van der Waals surface area contributed by atoms with Gasteiger partial charge in [0.2, 0.25) is 0 Å². The van der Waals surface area contributed by atoms with E-state index in [4.69, 9.17) is 27.9 Å². The minimum atomic E-state index is -0.849. The van der Waals surface area contributed by atoms with Crippen LogP contribution in [0.1, 0.15) is 39.4 Å². The minimum Gasteiger partial charge on any atom is -0.483 e. The number of aromatic amines is 1. The summed E-state index contributed by atoms with van der Waals surface area (Å²) in [5.74, 6) is -1.04. The Morgan fingerprint density at radius 3 is 2.54 bits per heavy atom. The van der Waals surface area contributed by atoms with E-state index in [1.807, 2.05) is 11.8 Å². The van der Waals surface area contributed by atoms with E-state index in [9.17, 15) is 5.11 Å². The fraction of sp³-hybridized carbons (Fsp3) is 0.370. The maximum absolute atomic E-state index is 15.7. The molecular formula is C27H28Cl2F2N6O2. The molecule has 0 spiro atoms. The Morgan fingerprint density at radius 2 is 1.90 bits per heavy atom. The largest absolute Gasteiger partial charge is 0.483 e. The third-order valence-corrected chi connectivity index (χ3v) is 7.26. The highest BCUT2D eigenvalue weighted by molar-refractivity contribution is 6.35. The number of nitrogens with zero attached hydrogens (tertiary/aromatic N) is 4. The van der Waals surface area contributed by atoms with Crippen molar-refractivity contribution in [1.82, 2.24) is 25.5 Å². The molecule has 0 saturated carbocycles. The lowest BCUT2D eigenvalue weighted by atomic mass is 9.91. The highest BCUT2D eigenvalue weighted by Crippen LogP contribution is 2.38. The summed E-state index contributed by atoms with van der Waals surface area (Å²) in [5.41, 5.74) is 0.307. The molecule has 0 aliphatic carbocycles. The first-order valence-corrected chi connectivity index (χ1v) is 13.1. The van der Waals surface area contributed by atoms with Crippen molar-refractivity contribution >= 4 is 39.9 Å². The first-order chi connectivity index (χ1) is 18.3. The summed E-state index contributed by atoms with van der Waals surface area (Å²) in [4.78, 5) is 10.1. The first-order valence-electron chi connectivity index (χ1n) is 12.4. The van der Waals surface area contributed by atoms with Gasteiger partial charge in [0.1, 0.15) is 11.8 Å². The lowest BCUT2D eigenvalue weighted by molar-refractivity contribution is 0.0664. The number of ether oxygens (including phenoxy) is 1. The van der Waals surface area contributed by atoms with Crippen LogP contribution in [0, 0.1) is 11.6 Å². The lowest BCUT2D eigenvalue weighted by Gasteiger charge is -2.50. The monoisotopic (exact) mass is 576 g/mol. The van der Waals surface area contributed by atoms with E-state index >= 15 is 8.78 Å². The number of pyridine rings is 2. The average Bonchev–Trinajstić information content (AvgIpc) is 3.27. The molecule has 206 valence electrons. The van der Waals surface area contributed by atoms with E-state index in [2.05, 4.69) is 25.5 Å². The van der Waals surface area contributed by atoms with Crippen LogP contribution in [-0.2, 0) is 0 Å². The van der Waals surface area contributed by atoms with E-state index in [1.54, 1.807) is 26.8 Å². The lowest BCUT2D eigenvalue weighted by Crippen LogP contribution is -2.69. The molecule has 0 radical (unpaired) electrons. The van der Waals surface area contributed by atoms with Gasteiger partial charge in [-0.25, -0.2) is 13.8 Å². The molecule has 4 aromatic rings. The van der Waals surface area contributed by atoms with Crippen LogP contribution in [0.5, 0.6) is 5.75 Å². The van der Waals surface area contributed by atoms with Gasteiger partial charge in [0.15, 0.2) is 23.2 Å². The van der Waals surface area contributed by atoms with Gasteiger partial charge in [-0.1, -0.05) is 23.2 Å². The van der Waals surface area contributed by atoms with Crippen molar-refractivity contribution in [1.29, 1.82) is 0 Å². The molecule has 1 saturated heterocycles. The number of H-pyrrole nitrogens is 1. The van der Waals surface area contributed by atoms with Gasteiger partial charge in [-0.15, -0.1) is 0 Å². The molecule has 5 rings (SSSR count). The first kappa shape index (κ1) is 27.5. The van der Waals surface area contributed by atoms with Crippen molar-refractivity contribution in [3.8, 4) is 17.0 Å². The van der Waals surface area contributed by atoms with Gasteiger partial charge in [-0.2, -0.15) is 5.10 Å². The zero-order chi connectivity index (χ0) is 28.1. The minimum absolute atomic E-state index is 0.0370. The summed E-state index contributed by atoms with van der Waals surface area (Å²) in [6, 6.07) is 4.41. The van der Waals surface area contributed by atoms with E-state index < -0.39 is 23.3 Å². The summed E-state index contributed by atoms with van der Waals surface area (Å²) in [5, 5.41) is 21.1. The van der Waals surface area contributed by atoms with Gasteiger partial charge in [0.25, 0.3) is 0 Å². The SMILES string of the molecule is C[C@@H](Oc1ccc2[nH]nc(-c3cnc(N4CC(C)(NCC(C)(C)O)C4)c(F)c3)c2c1F)c1c(Cl)cncc1Cl. The molecule has 0 unspecified atom stereocenters. The van der Waals surface area contributed by atoms with Crippen LogP contribution in [-0.4, -0.2) is 56.0 Å². The number of hydrogen-bond donors (Lipinski definition) is 3. The Morgan fingerprint density at radius 1 is 1.21 bits per heavy atom. The molecule has 1 fully saturated rings. The number of rotatable bonds is 8. The Balaban J connectivity index is 1.38. The van der Waals surface area contributed by atoms with E-state index in [0.717, 1.165) is 0 Å². The highest BCUT2D eigenvalue weighted by Gasteiger charge is 2.41. The summed E-state index contributed by atoms with van der Waals surface area (Å²) in [6.07, 6.45) is 3.68. The van der Waals surface area contributed by atoms with Crippen molar-refractivity contribution in [3.05, 3.63) is 64.0 Å². The number of benzene rings is 1. The molecular weight excluding hydrogens is 549 g/mol. The van der Waals surface area contributed by atoms with Crippen LogP contribution in [0.2, 0.25) is 10.0 Å². The number of halogens is 4. The second kappa shape index (κ2) is 10.2. The number of aromatic nitrogens is 4. The van der Waals surface area contributed by atoms with Gasteiger partial charge in [0.05, 0.1) is 32.1 Å². The highest BCUT2D eigenvalue weighted by atomic mass is 35.5. The van der Waals surface area contributed by atoms with Gasteiger partial charge in [-0.3, -0.25) is 10.1 Å². The van der Waals surface area contributed by atoms with Gasteiger partial charge >= 0.3 is 0 Å². The Labute approximate surface area is 234 Å². The number of nitrogens with one attached hydrogen (secondary N) is 2. The molecule has 3 aromatic heterocycles. The summed E-state index contributed by atoms with van der Waals surface area (Å²) in [7, 11) is 0. The molecule has 0 bridgehead atoms. The predicted octanol–water partition coefficient (Wildman–Crippen LogP) is 5.68. The van der Waals surface area contributed by atoms with E-state index in [0.29, 0.717) is 46.3 Å². The molecule has 1 aliphatic rings. The van der Waals surface area contributed by atoms with Crippen LogP contribution in [0.4, 0.5) is 14.6 Å². The normalized spacial score (nSPS) is 15.9. The second-order valence-corrected chi connectivity index (χ2v) is 11.6. The molecule has 1 aliphatic heterocycles. The molecule has 1 aromatic carbocycles. The quantitative estimate of drug-likeness (QED) is 0.248. The standard InChI is InChI=1S/C27H28Cl2F2N6O2/c1-14(21-16(28)9-32-10-17(21)29)39-20-6-5-19-22(23(20)31)24(36-35-19)15-7-18(30)25(33-8-15)37-12-27(4,13-37)34-11-26(2,3)38/h5-10,14,34,38H,11-13H2,1-4H3,(H,35,36)/t14-/m1/s1. The number of hydrogen-bond acceptors (Lipinski definition) is 7. The molecule has 39 heavy (non-hydrogen) atoms. The number of anilines is 1. The maximum Gasteiger partial charge on any atom is 0.176 e. The van der Waals surface area contributed by atoms with Crippen molar-refractivity contribution in [2.24, 2.45) is 0 Å². The molecule has 3 N–H and O–H groups in total. The van der Waals surface area contributed by atoms with Crippen LogP contribution in [0.15, 0.2) is 36.8 Å². The van der Waals surface area contributed by atoms with Crippen LogP contribution >= 0.6 is 23.2 Å². The average molecular weight is 577 g/mol. The summed E-state index contributed by atoms with van der Waals surface area (Å²) >= 11 is 12.5. The number of β-amino-alcohol motifs (C(OH)–C–C–N with tert-alkyl or cyclic N) is 1. The van der Waals surface area contributed by atoms with Crippen molar-refractivity contribution in [2.45, 2.75) is 44.9 Å². The zero-order valence-corrected chi connectivity index (χ0v) is 23.3.